The zero-order chi connectivity index (χ0) is 68.9. The molecule has 4 aliphatic rings. The highest BCUT2D eigenvalue weighted by atomic mass is 32.2. The quantitative estimate of drug-likeness (QED) is 0.0889. The van der Waals surface area contributed by atoms with E-state index in [1.807, 2.05) is 212 Å². The molecule has 488 valence electrons. The van der Waals surface area contributed by atoms with Gasteiger partial charge in [-0.1, -0.05) is 266 Å². The molecule has 103 heavy (non-hydrogen) atoms. The molecule has 4 aliphatic heterocycles. The summed E-state index contributed by atoms with van der Waals surface area (Å²) in [5, 5.41) is 0. The van der Waals surface area contributed by atoms with Gasteiger partial charge in [-0.05, 0) is 159 Å². The molecule has 0 aromatic heterocycles. The molecule has 15 aromatic rings. The van der Waals surface area contributed by atoms with E-state index in [4.69, 9.17) is 0 Å². The smallest absolute Gasteiger partial charge is 0.311 e. The minimum atomic E-state index is -5.06. The molecular weight excluding hydrogens is 1290 g/mol. The highest BCUT2D eigenvalue weighted by Gasteiger charge is 2.53. The Morgan fingerprint density at radius 2 is 0.728 bits per heavy atom. The van der Waals surface area contributed by atoms with Gasteiger partial charge in [0.15, 0.2) is 0 Å². The van der Waals surface area contributed by atoms with E-state index in [0.717, 1.165) is 118 Å². The van der Waals surface area contributed by atoms with Gasteiger partial charge in [0.2, 0.25) is 6.71 Å². The molecule has 15 aromatic carbocycles. The number of hydrogen-bond acceptors (Lipinski definition) is 6. The predicted octanol–water partition coefficient (Wildman–Crippen LogP) is 21.6. The third kappa shape index (κ3) is 10.3. The maximum Gasteiger partial charge on any atom is 0.419 e. The summed E-state index contributed by atoms with van der Waals surface area (Å²) in [6, 6.07) is 119. The molecule has 0 amide bonds. The van der Waals surface area contributed by atoms with Crippen molar-refractivity contribution in [3.8, 4) is 33.4 Å². The Morgan fingerprint density at radius 1 is 0.301 bits per heavy atom. The number of hydrogen-bond donors (Lipinski definition) is 0. The number of rotatable bonds is 12. The average molecular weight is 1350 g/mol. The van der Waals surface area contributed by atoms with Crippen molar-refractivity contribution < 1.29 is 17.6 Å². The second kappa shape index (κ2) is 25.0. The van der Waals surface area contributed by atoms with E-state index in [9.17, 15) is 0 Å². The first-order chi connectivity index (χ1) is 50.7. The highest BCUT2D eigenvalue weighted by Crippen LogP contribution is 2.57. The van der Waals surface area contributed by atoms with Crippen molar-refractivity contribution >= 4 is 143 Å². The van der Waals surface area contributed by atoms with Crippen LogP contribution >= 0.6 is 11.8 Å². The topological polar surface area (TPSA) is 16.2 Å². The normalized spacial score (nSPS) is 12.9. The molecule has 4 heterocycles. The Labute approximate surface area is 600 Å². The molecule has 0 spiro atoms. The number of para-hydroxylation sites is 8. The van der Waals surface area contributed by atoms with Crippen molar-refractivity contribution in [2.45, 2.75) is 16.0 Å². The first-order valence-corrected chi connectivity index (χ1v) is 35.4. The monoisotopic (exact) mass is 1350 g/mol. The third-order valence-electron chi connectivity index (χ3n) is 20.5. The van der Waals surface area contributed by atoms with Crippen LogP contribution in [0.15, 0.2) is 368 Å². The molecule has 19 rings (SSSR count). The van der Waals surface area contributed by atoms with Gasteiger partial charge in [-0.25, -0.2) is 4.39 Å². The summed E-state index contributed by atoms with van der Waals surface area (Å²) in [5.41, 5.74) is 18.5. The van der Waals surface area contributed by atoms with Crippen LogP contribution in [0, 0.1) is 5.82 Å². The van der Waals surface area contributed by atoms with Crippen LogP contribution in [0.2, 0.25) is 0 Å². The Morgan fingerprint density at radius 3 is 1.29 bits per heavy atom. The van der Waals surface area contributed by atoms with Gasteiger partial charge in [-0.3, -0.25) is 0 Å². The van der Waals surface area contributed by atoms with Crippen LogP contribution in [0.25, 0.3) is 33.4 Å². The summed E-state index contributed by atoms with van der Waals surface area (Å²) in [4.78, 5) is 11.3. The Balaban J connectivity index is 0.937. The lowest BCUT2D eigenvalue weighted by atomic mass is 9.30. The van der Waals surface area contributed by atoms with Gasteiger partial charge < -0.3 is 24.5 Å². The summed E-state index contributed by atoms with van der Waals surface area (Å²) >= 11 is 1.16. The van der Waals surface area contributed by atoms with Gasteiger partial charge in [-0.15, -0.1) is 0 Å². The van der Waals surface area contributed by atoms with Gasteiger partial charge in [0.05, 0.1) is 28.3 Å². The lowest BCUT2D eigenvalue weighted by molar-refractivity contribution is -0.139. The summed E-state index contributed by atoms with van der Waals surface area (Å²) in [6.45, 7) is -1.55. The van der Waals surface area contributed by atoms with Gasteiger partial charge >= 0.3 is 6.18 Å². The number of nitrogens with zero attached hydrogens (tertiary/aromatic N) is 5. The molecule has 0 bridgehead atoms. The maximum absolute atomic E-state index is 18.7. The maximum atomic E-state index is 18.7. The van der Waals surface area contributed by atoms with Crippen LogP contribution < -0.4 is 57.3 Å². The summed E-state index contributed by atoms with van der Waals surface area (Å²) in [6.07, 6.45) is -5.06. The molecule has 0 saturated carbocycles. The first-order valence-electron chi connectivity index (χ1n) is 34.6. The second-order valence-electron chi connectivity index (χ2n) is 26.3. The molecule has 0 saturated heterocycles. The van der Waals surface area contributed by atoms with Crippen LogP contribution in [0.1, 0.15) is 5.56 Å². The lowest BCUT2D eigenvalue weighted by Gasteiger charge is -2.47. The van der Waals surface area contributed by atoms with Gasteiger partial charge in [0.25, 0.3) is 6.71 Å². The fourth-order valence-corrected chi connectivity index (χ4v) is 17.6. The zero-order valence-electron chi connectivity index (χ0n) is 55.4. The van der Waals surface area contributed by atoms with Gasteiger partial charge in [0.1, 0.15) is 5.82 Å². The third-order valence-corrected chi connectivity index (χ3v) is 21.7. The number of alkyl halides is 3. The summed E-state index contributed by atoms with van der Waals surface area (Å²) in [7, 11) is 0. The minimum Gasteiger partial charge on any atom is -0.311 e. The number of halogens is 4. The molecule has 5 nitrogen and oxygen atoms in total. The first kappa shape index (κ1) is 61.6. The van der Waals surface area contributed by atoms with E-state index in [1.165, 1.54) is 6.07 Å². The molecule has 0 unspecified atom stereocenters. The molecule has 0 radical (unpaired) electrons. The van der Waals surface area contributed by atoms with Crippen molar-refractivity contribution in [2.24, 2.45) is 0 Å². The Bertz CT molecular complexity index is 5720. The summed E-state index contributed by atoms with van der Waals surface area (Å²) < 4.78 is 74.6. The van der Waals surface area contributed by atoms with Gasteiger partial charge in [0, 0.05) is 83.5 Å². The molecule has 0 N–H and O–H groups in total. The molecule has 12 heteroatoms. The van der Waals surface area contributed by atoms with Crippen LogP contribution in [0.3, 0.4) is 0 Å². The Hall–Kier alpha value is -12.5. The fraction of sp³-hybridized carbons (Fsp3) is 0.0110. The minimum absolute atomic E-state index is 0.00686. The van der Waals surface area contributed by atoms with Crippen LogP contribution in [-0.2, 0) is 6.18 Å². The van der Waals surface area contributed by atoms with Crippen LogP contribution in [0.4, 0.5) is 103 Å². The molecule has 0 fully saturated rings. The Kier molecular flexibility index (Phi) is 14.9. The number of fused-ring (bicyclic) bond motifs is 8. The van der Waals surface area contributed by atoms with Crippen LogP contribution in [0.5, 0.6) is 0 Å². The van der Waals surface area contributed by atoms with Crippen molar-refractivity contribution in [3.63, 3.8) is 0 Å². The van der Waals surface area contributed by atoms with Crippen LogP contribution in [-0.4, -0.2) is 13.4 Å². The van der Waals surface area contributed by atoms with E-state index < -0.39 is 31.0 Å². The lowest BCUT2D eigenvalue weighted by Crippen LogP contribution is -2.65. The van der Waals surface area contributed by atoms with Gasteiger partial charge in [-0.2, -0.15) is 13.2 Å². The van der Waals surface area contributed by atoms with Crippen molar-refractivity contribution in [1.82, 2.24) is 0 Å². The predicted molar refractivity (Wildman–Crippen MR) is 421 cm³/mol. The standard InChI is InChI=1S/C91H59B2F4N5S/c94-77-47-28-44-72(63-33-12-3-13-34-63)88(77)102-82-56-69(98(64-35-14-4-15-36-64)65-37-16-5-17-38-65)55-81-86(82)92(73-45-23-26-49-79(73)100(81)66-39-18-6-19-40-66)75-59-76-90(85(89(75)102)91(95,96)97)103-84-58-70(57-83-87(84)93(76)74-46-24-27-50-80(74)101(83)67-41-20-7-21-42-67)99(68-53-51-61(52-54-68)60-29-8-1-9-30-60)78-48-25-22-43-71(78)62-31-10-2-11-32-62/h1-59H. The average Bonchev–Trinajstić information content (AvgIpc) is 0.678. The summed E-state index contributed by atoms with van der Waals surface area (Å²) in [5.74, 6) is -0.683. The molecule has 0 aliphatic carbocycles. The fourth-order valence-electron chi connectivity index (χ4n) is 16.3. The van der Waals surface area contributed by atoms with Crippen molar-refractivity contribution in [1.29, 1.82) is 0 Å². The van der Waals surface area contributed by atoms with E-state index >= 15 is 17.6 Å². The SMILES string of the molecule is Fc1cccc(-c2ccccc2)c1N1c2cc(N(c3ccccc3)c3ccccc3)cc3c2B(c2ccccc2N3c2ccccc2)c2cc3c(c(C(F)(F)F)c21)Sc1cc(N(c2ccc(-c4ccccc4)cc2)c2ccccc2-c2ccccc2)cc2c1B3c1ccccc1N2c1ccccc1. The molecular formula is C91H59B2F4N5S. The largest absolute Gasteiger partial charge is 0.419 e. The van der Waals surface area contributed by atoms with Crippen molar-refractivity contribution in [3.05, 3.63) is 369 Å². The zero-order valence-corrected chi connectivity index (χ0v) is 56.2. The van der Waals surface area contributed by atoms with Crippen molar-refractivity contribution in [2.75, 3.05) is 24.5 Å². The van der Waals surface area contributed by atoms with E-state index in [0.29, 0.717) is 38.3 Å². The van der Waals surface area contributed by atoms with E-state index in [2.05, 4.69) is 153 Å². The number of benzene rings is 15. The highest BCUT2D eigenvalue weighted by molar-refractivity contribution is 8.00. The number of anilines is 15. The van der Waals surface area contributed by atoms with E-state index in [-0.39, 0.29) is 16.3 Å². The molecule has 0 atom stereocenters. The second-order valence-corrected chi connectivity index (χ2v) is 27.3. The van der Waals surface area contributed by atoms with E-state index in [1.54, 1.807) is 11.0 Å².